The third kappa shape index (κ3) is 4.80. The Morgan fingerprint density at radius 3 is 2.39 bits per heavy atom. The molecule has 33 heavy (non-hydrogen) atoms. The first-order valence-corrected chi connectivity index (χ1v) is 11.0. The van der Waals surface area contributed by atoms with E-state index in [1.807, 2.05) is 0 Å². The first-order chi connectivity index (χ1) is 15.7. The molecule has 2 aromatic carbocycles. The van der Waals surface area contributed by atoms with Crippen LogP contribution < -0.4 is 20.0 Å². The minimum absolute atomic E-state index is 0.0495. The zero-order chi connectivity index (χ0) is 23.8. The second-order valence-electron chi connectivity index (χ2n) is 8.09. The van der Waals surface area contributed by atoms with Crippen molar-refractivity contribution in [2.24, 2.45) is 0 Å². The fourth-order valence-corrected chi connectivity index (χ4v) is 4.29. The molecule has 0 bridgehead atoms. The highest BCUT2D eigenvalue weighted by Gasteiger charge is 2.41. The number of aromatic hydroxyl groups is 1. The van der Waals surface area contributed by atoms with Gasteiger partial charge in [0, 0.05) is 0 Å². The zero-order valence-corrected chi connectivity index (χ0v) is 18.6. The lowest BCUT2D eigenvalue weighted by Gasteiger charge is -2.29. The molecule has 1 aliphatic rings. The minimum Gasteiger partial charge on any atom is -0.507 e. The number of alkyl halides is 3. The average molecular weight is 485 g/mol. The van der Waals surface area contributed by atoms with Gasteiger partial charge in [-0.15, -0.1) is 0 Å². The van der Waals surface area contributed by atoms with Crippen molar-refractivity contribution in [3.05, 3.63) is 63.0 Å². The van der Waals surface area contributed by atoms with Crippen molar-refractivity contribution in [1.82, 2.24) is 0 Å². The van der Waals surface area contributed by atoms with Gasteiger partial charge >= 0.3 is 6.18 Å². The van der Waals surface area contributed by atoms with Gasteiger partial charge in [-0.05, 0) is 31.2 Å². The first kappa shape index (κ1) is 23.4. The molecule has 3 N–H and O–H groups in total. The normalized spacial score (nSPS) is 19.1. The largest absolute Gasteiger partial charge is 0.507 e. The number of hydrogen-bond acceptors (Lipinski definition) is 4. The molecule has 1 saturated heterocycles. The summed E-state index contributed by atoms with van der Waals surface area (Å²) in [6.07, 6.45) is -5.00. The number of piperazine rings is 1. The summed E-state index contributed by atoms with van der Waals surface area (Å²) < 4.78 is 52.3. The van der Waals surface area contributed by atoms with E-state index in [1.54, 1.807) is 6.07 Å². The highest BCUT2D eigenvalue weighted by Crippen LogP contribution is 2.40. The van der Waals surface area contributed by atoms with Crippen molar-refractivity contribution < 1.29 is 37.2 Å². The van der Waals surface area contributed by atoms with Crippen LogP contribution in [0, 0.1) is 0 Å². The Kier molecular flexibility index (Phi) is 6.56. The van der Waals surface area contributed by atoms with Crippen LogP contribution in [0.25, 0.3) is 11.0 Å². The van der Waals surface area contributed by atoms with Crippen molar-refractivity contribution in [3.63, 3.8) is 0 Å². The summed E-state index contributed by atoms with van der Waals surface area (Å²) in [6.45, 7) is 6.78. The molecular weight excluding hydrogens is 461 g/mol. The Labute approximate surface area is 192 Å². The molecule has 0 atom stereocenters. The molecule has 0 aliphatic carbocycles. The molecule has 10 heteroatoms. The topological polar surface area (TPSA) is 68.5 Å². The highest BCUT2D eigenvalue weighted by molar-refractivity contribution is 6.32. The van der Waals surface area contributed by atoms with E-state index in [1.165, 1.54) is 35.2 Å². The SMILES string of the molecule is CC[NH+]1CC[NH+](Cc2c(O)ccc3c(=O)c(Oc4ccccc4Cl)c(C(F)(F)F)oc23)CC1. The van der Waals surface area contributed by atoms with Gasteiger partial charge in [0.1, 0.15) is 44.2 Å². The van der Waals surface area contributed by atoms with E-state index in [0.29, 0.717) is 0 Å². The van der Waals surface area contributed by atoms with E-state index in [2.05, 4.69) is 6.92 Å². The van der Waals surface area contributed by atoms with Gasteiger partial charge in [0.2, 0.25) is 11.2 Å². The maximum Gasteiger partial charge on any atom is 0.453 e. The summed E-state index contributed by atoms with van der Waals surface area (Å²) in [7, 11) is 0. The van der Waals surface area contributed by atoms with Crippen LogP contribution in [0.15, 0.2) is 45.6 Å². The molecule has 3 aromatic rings. The van der Waals surface area contributed by atoms with E-state index < -0.39 is 23.1 Å². The Balaban J connectivity index is 1.82. The quantitative estimate of drug-likeness (QED) is 0.520. The van der Waals surface area contributed by atoms with Crippen molar-refractivity contribution in [3.8, 4) is 17.2 Å². The van der Waals surface area contributed by atoms with E-state index in [9.17, 15) is 23.1 Å². The summed E-state index contributed by atoms with van der Waals surface area (Å²) in [5.41, 5.74) is -1.09. The van der Waals surface area contributed by atoms with Crippen LogP contribution in [-0.4, -0.2) is 37.8 Å². The molecule has 1 fully saturated rings. The predicted octanol–water partition coefficient (Wildman–Crippen LogP) is 2.27. The number of phenolic OH excluding ortho intramolecular Hbond substituents is 1. The molecule has 2 heterocycles. The lowest BCUT2D eigenvalue weighted by Crippen LogP contribution is -3.27. The number of halogens is 4. The Morgan fingerprint density at radius 1 is 1.09 bits per heavy atom. The number of ether oxygens (including phenoxy) is 1. The van der Waals surface area contributed by atoms with E-state index >= 15 is 0 Å². The Bertz CT molecular complexity index is 1220. The minimum atomic E-state index is -5.00. The highest BCUT2D eigenvalue weighted by atomic mass is 35.5. The van der Waals surface area contributed by atoms with Gasteiger partial charge in [-0.1, -0.05) is 23.7 Å². The molecule has 1 aromatic heterocycles. The smallest absolute Gasteiger partial charge is 0.453 e. The van der Waals surface area contributed by atoms with Gasteiger partial charge in [-0.2, -0.15) is 13.2 Å². The maximum atomic E-state index is 13.9. The monoisotopic (exact) mass is 484 g/mol. The van der Waals surface area contributed by atoms with Crippen LogP contribution in [0.1, 0.15) is 18.2 Å². The molecule has 0 unspecified atom stereocenters. The van der Waals surface area contributed by atoms with Crippen LogP contribution in [0.5, 0.6) is 17.2 Å². The summed E-state index contributed by atoms with van der Waals surface area (Å²) >= 11 is 6.01. The average Bonchev–Trinajstić information content (AvgIpc) is 2.78. The molecule has 0 amide bonds. The van der Waals surface area contributed by atoms with Crippen LogP contribution in [0.3, 0.4) is 0 Å². The Morgan fingerprint density at radius 2 is 1.76 bits per heavy atom. The number of nitrogens with one attached hydrogen (secondary N) is 2. The second-order valence-corrected chi connectivity index (χ2v) is 8.50. The van der Waals surface area contributed by atoms with Crippen LogP contribution in [0.2, 0.25) is 5.02 Å². The van der Waals surface area contributed by atoms with Gasteiger partial charge in [0.05, 0.1) is 22.5 Å². The number of likely N-dealkylation sites (N-methyl/N-ethyl adjacent to an activating group) is 1. The number of benzene rings is 2. The first-order valence-electron chi connectivity index (χ1n) is 10.7. The number of quaternary nitrogens is 2. The van der Waals surface area contributed by atoms with Gasteiger partial charge in [0.25, 0.3) is 5.76 Å². The van der Waals surface area contributed by atoms with Crippen molar-refractivity contribution in [1.29, 1.82) is 0 Å². The number of fused-ring (bicyclic) bond motifs is 1. The van der Waals surface area contributed by atoms with Gasteiger partial charge in [-0.3, -0.25) is 4.79 Å². The molecule has 0 radical (unpaired) electrons. The van der Waals surface area contributed by atoms with Crippen LogP contribution in [0.4, 0.5) is 13.2 Å². The summed E-state index contributed by atoms with van der Waals surface area (Å²) in [4.78, 5) is 15.7. The standard InChI is InChI=1S/C23H22ClF3N2O4/c1-2-28-9-11-29(12-10-28)13-15-17(30)8-7-14-19(31)21(22(23(25,26)27)33-20(14)15)32-18-6-4-3-5-16(18)24/h3-8,30H,2,9-13H2,1H3/p+2. The fraction of sp³-hybridized carbons (Fsp3) is 0.348. The summed E-state index contributed by atoms with van der Waals surface area (Å²) in [6, 6.07) is 8.45. The van der Waals surface area contributed by atoms with Crippen molar-refractivity contribution in [2.45, 2.75) is 19.6 Å². The summed E-state index contributed by atoms with van der Waals surface area (Å²) in [5.74, 6) is -2.87. The maximum absolute atomic E-state index is 13.9. The molecule has 6 nitrogen and oxygen atoms in total. The Hall–Kier alpha value is -2.75. The van der Waals surface area contributed by atoms with Crippen LogP contribution in [-0.2, 0) is 12.7 Å². The molecule has 0 spiro atoms. The number of phenols is 1. The molecule has 176 valence electrons. The van der Waals surface area contributed by atoms with E-state index in [0.717, 1.165) is 37.6 Å². The van der Waals surface area contributed by atoms with E-state index in [4.69, 9.17) is 20.8 Å². The molecule has 4 rings (SSSR count). The lowest BCUT2D eigenvalue weighted by atomic mass is 10.1. The van der Waals surface area contributed by atoms with Gasteiger partial charge in [0.15, 0.2) is 5.58 Å². The number of para-hydroxylation sites is 1. The van der Waals surface area contributed by atoms with Gasteiger partial charge < -0.3 is 24.1 Å². The molecule has 0 saturated carbocycles. The second kappa shape index (κ2) is 9.24. The number of rotatable bonds is 5. The molecule has 1 aliphatic heterocycles. The van der Waals surface area contributed by atoms with E-state index in [-0.39, 0.29) is 39.6 Å². The fourth-order valence-electron chi connectivity index (χ4n) is 4.11. The van der Waals surface area contributed by atoms with Crippen molar-refractivity contribution in [2.75, 3.05) is 32.7 Å². The third-order valence-corrected chi connectivity index (χ3v) is 6.31. The summed E-state index contributed by atoms with van der Waals surface area (Å²) in [5, 5.41) is 10.4. The van der Waals surface area contributed by atoms with Crippen LogP contribution >= 0.6 is 11.6 Å². The zero-order valence-electron chi connectivity index (χ0n) is 17.9. The lowest BCUT2D eigenvalue weighted by molar-refractivity contribution is -1.02. The predicted molar refractivity (Wildman–Crippen MR) is 116 cm³/mol. The van der Waals surface area contributed by atoms with Crippen molar-refractivity contribution >= 4 is 22.6 Å². The molecular formula is C23H24ClF3N2O4+2. The number of hydrogen-bond donors (Lipinski definition) is 3. The van der Waals surface area contributed by atoms with Gasteiger partial charge in [-0.25, -0.2) is 0 Å². The third-order valence-electron chi connectivity index (χ3n) is 5.99.